The van der Waals surface area contributed by atoms with E-state index in [1.165, 1.54) is 7.11 Å². The van der Waals surface area contributed by atoms with E-state index in [-0.39, 0.29) is 0 Å². The number of esters is 1. The highest BCUT2D eigenvalue weighted by Crippen LogP contribution is 2.10. The lowest BCUT2D eigenvalue weighted by Crippen LogP contribution is -2.24. The van der Waals surface area contributed by atoms with Crippen LogP contribution in [0.15, 0.2) is 24.3 Å². The van der Waals surface area contributed by atoms with Gasteiger partial charge in [0.05, 0.1) is 7.11 Å². The maximum absolute atomic E-state index is 11.8. The molecule has 16 heavy (non-hydrogen) atoms. The van der Waals surface area contributed by atoms with Gasteiger partial charge in [-0.1, -0.05) is 29.8 Å². The Labute approximate surface area is 98.3 Å². The zero-order chi connectivity index (χ0) is 12.1. The summed E-state index contributed by atoms with van der Waals surface area (Å²) in [6, 6.07) is 7.79. The Morgan fingerprint density at radius 3 is 2.75 bits per heavy atom. The average Bonchev–Trinajstić information content (AvgIpc) is 2.27. The fourth-order valence-corrected chi connectivity index (χ4v) is 2.43. The zero-order valence-electron chi connectivity index (χ0n) is 9.73. The molecule has 0 saturated heterocycles. The van der Waals surface area contributed by atoms with Gasteiger partial charge in [0.2, 0.25) is 0 Å². The Kier molecular flexibility index (Phi) is 4.68. The number of rotatable bonds is 4. The average molecular weight is 240 g/mol. The van der Waals surface area contributed by atoms with Crippen molar-refractivity contribution in [3.05, 3.63) is 35.4 Å². The second-order valence-electron chi connectivity index (χ2n) is 3.68. The third kappa shape index (κ3) is 3.45. The molecule has 0 spiro atoms. The van der Waals surface area contributed by atoms with Crippen LogP contribution < -0.4 is 0 Å². The lowest BCUT2D eigenvalue weighted by molar-refractivity contribution is -0.139. The molecule has 0 fully saturated rings. The van der Waals surface area contributed by atoms with Gasteiger partial charge in [-0.25, -0.2) is 0 Å². The summed E-state index contributed by atoms with van der Waals surface area (Å²) in [6.45, 7) is 3.61. The van der Waals surface area contributed by atoms with Gasteiger partial charge in [-0.3, -0.25) is 9.00 Å². The highest BCUT2D eigenvalue weighted by atomic mass is 32.2. The molecule has 4 heteroatoms. The molecule has 1 aromatic rings. The topological polar surface area (TPSA) is 43.4 Å². The van der Waals surface area contributed by atoms with Crippen molar-refractivity contribution in [3.8, 4) is 0 Å². The summed E-state index contributed by atoms with van der Waals surface area (Å²) in [5.41, 5.74) is 2.11. The number of hydrogen-bond acceptors (Lipinski definition) is 3. The van der Waals surface area contributed by atoms with Crippen LogP contribution in [0.2, 0.25) is 0 Å². The molecule has 1 rings (SSSR count). The quantitative estimate of drug-likeness (QED) is 0.754. The molecule has 0 aliphatic rings. The molecular weight excluding hydrogens is 224 g/mol. The number of ether oxygens (including phenoxy) is 1. The normalized spacial score (nSPS) is 14.2. The molecule has 0 aromatic heterocycles. The van der Waals surface area contributed by atoms with E-state index in [0.717, 1.165) is 11.1 Å². The van der Waals surface area contributed by atoms with Gasteiger partial charge in [0.15, 0.2) is 0 Å². The molecule has 88 valence electrons. The molecule has 1 aromatic carbocycles. The van der Waals surface area contributed by atoms with Gasteiger partial charge in [0, 0.05) is 16.6 Å². The van der Waals surface area contributed by atoms with Crippen molar-refractivity contribution in [2.75, 3.05) is 7.11 Å². The number of hydrogen-bond donors (Lipinski definition) is 0. The Morgan fingerprint density at radius 2 is 2.19 bits per heavy atom. The maximum Gasteiger partial charge on any atom is 0.321 e. The minimum atomic E-state index is -1.23. The molecular formula is C12H16O3S. The van der Waals surface area contributed by atoms with E-state index >= 15 is 0 Å². The summed E-state index contributed by atoms with van der Waals surface area (Å²) >= 11 is 0. The Hall–Kier alpha value is -1.16. The first-order chi connectivity index (χ1) is 7.54. The molecule has 0 bridgehead atoms. The first kappa shape index (κ1) is 12.9. The summed E-state index contributed by atoms with van der Waals surface area (Å²) in [5, 5.41) is -0.578. The molecule has 3 nitrogen and oxygen atoms in total. The molecule has 0 radical (unpaired) electrons. The summed E-state index contributed by atoms with van der Waals surface area (Å²) in [4.78, 5) is 11.2. The minimum Gasteiger partial charge on any atom is -0.468 e. The van der Waals surface area contributed by atoms with Crippen LogP contribution in [-0.4, -0.2) is 22.5 Å². The number of methoxy groups -OCH3 is 1. The smallest absolute Gasteiger partial charge is 0.321 e. The monoisotopic (exact) mass is 240 g/mol. The predicted octanol–water partition coefficient (Wildman–Crippen LogP) is 1.81. The van der Waals surface area contributed by atoms with Crippen LogP contribution in [0.25, 0.3) is 0 Å². The number of carbonyl (C=O) groups excluding carboxylic acids is 1. The molecule has 0 heterocycles. The van der Waals surface area contributed by atoms with Crippen LogP contribution in [0.1, 0.15) is 18.1 Å². The van der Waals surface area contributed by atoms with Crippen LogP contribution in [-0.2, 0) is 26.1 Å². The van der Waals surface area contributed by atoms with Gasteiger partial charge in [-0.15, -0.1) is 0 Å². The van der Waals surface area contributed by atoms with Crippen molar-refractivity contribution >= 4 is 16.8 Å². The van der Waals surface area contributed by atoms with Crippen LogP contribution >= 0.6 is 0 Å². The van der Waals surface area contributed by atoms with Gasteiger partial charge in [-0.05, 0) is 19.4 Å². The van der Waals surface area contributed by atoms with Crippen LogP contribution in [0.5, 0.6) is 0 Å². The molecule has 0 amide bonds. The summed E-state index contributed by atoms with van der Waals surface area (Å²) in [5.74, 6) is -0.0382. The van der Waals surface area contributed by atoms with Crippen molar-refractivity contribution in [1.29, 1.82) is 0 Å². The van der Waals surface area contributed by atoms with E-state index in [0.29, 0.717) is 5.75 Å². The lowest BCUT2D eigenvalue weighted by Gasteiger charge is -2.09. The summed E-state index contributed by atoms with van der Waals surface area (Å²) < 4.78 is 16.4. The zero-order valence-corrected chi connectivity index (χ0v) is 10.5. The van der Waals surface area contributed by atoms with E-state index in [9.17, 15) is 9.00 Å². The van der Waals surface area contributed by atoms with E-state index < -0.39 is 22.0 Å². The van der Waals surface area contributed by atoms with E-state index in [1.54, 1.807) is 6.92 Å². The Bertz CT molecular complexity index is 401. The van der Waals surface area contributed by atoms with E-state index in [1.807, 2.05) is 31.2 Å². The standard InChI is InChI=1S/C12H16O3S/c1-9-5-4-6-11(7-9)8-16(14)10(2)12(13)15-3/h4-7,10H,8H2,1-3H3. The van der Waals surface area contributed by atoms with Crippen molar-refractivity contribution in [2.45, 2.75) is 24.9 Å². The minimum absolute atomic E-state index is 0.387. The molecule has 0 aliphatic carbocycles. The second-order valence-corrected chi connectivity index (χ2v) is 5.44. The van der Waals surface area contributed by atoms with Gasteiger partial charge in [0.25, 0.3) is 0 Å². The summed E-state index contributed by atoms with van der Waals surface area (Å²) in [7, 11) is 0.0797. The molecule has 2 atom stereocenters. The number of aryl methyl sites for hydroxylation is 1. The first-order valence-corrected chi connectivity index (χ1v) is 6.43. The predicted molar refractivity (Wildman–Crippen MR) is 64.5 cm³/mol. The van der Waals surface area contributed by atoms with Gasteiger partial charge >= 0.3 is 5.97 Å². The fraction of sp³-hybridized carbons (Fsp3) is 0.417. The van der Waals surface area contributed by atoms with Crippen molar-refractivity contribution in [2.24, 2.45) is 0 Å². The first-order valence-electron chi connectivity index (χ1n) is 5.05. The molecule has 2 unspecified atom stereocenters. The Balaban J connectivity index is 2.68. The molecule has 0 N–H and O–H groups in total. The second kappa shape index (κ2) is 5.80. The maximum atomic E-state index is 11.8. The van der Waals surface area contributed by atoms with Gasteiger partial charge in [-0.2, -0.15) is 0 Å². The SMILES string of the molecule is COC(=O)C(C)S(=O)Cc1cccc(C)c1. The highest BCUT2D eigenvalue weighted by Gasteiger charge is 2.20. The highest BCUT2D eigenvalue weighted by molar-refractivity contribution is 7.85. The molecule has 0 aliphatic heterocycles. The van der Waals surface area contributed by atoms with Crippen LogP contribution in [0, 0.1) is 6.92 Å². The third-order valence-corrected chi connectivity index (χ3v) is 3.92. The Morgan fingerprint density at radius 1 is 1.50 bits per heavy atom. The van der Waals surface area contributed by atoms with Gasteiger partial charge < -0.3 is 4.74 Å². The van der Waals surface area contributed by atoms with Crippen molar-refractivity contribution in [3.63, 3.8) is 0 Å². The van der Waals surface area contributed by atoms with Crippen LogP contribution in [0.4, 0.5) is 0 Å². The van der Waals surface area contributed by atoms with E-state index in [4.69, 9.17) is 0 Å². The van der Waals surface area contributed by atoms with Crippen molar-refractivity contribution in [1.82, 2.24) is 0 Å². The van der Waals surface area contributed by atoms with E-state index in [2.05, 4.69) is 4.74 Å². The number of benzene rings is 1. The van der Waals surface area contributed by atoms with Crippen molar-refractivity contribution < 1.29 is 13.7 Å². The van der Waals surface area contributed by atoms with Gasteiger partial charge in [0.1, 0.15) is 5.25 Å². The third-order valence-electron chi connectivity index (χ3n) is 2.32. The largest absolute Gasteiger partial charge is 0.468 e. The fourth-order valence-electron chi connectivity index (χ4n) is 1.36. The molecule has 0 saturated carbocycles. The summed E-state index contributed by atoms with van der Waals surface area (Å²) in [6.07, 6.45) is 0. The van der Waals surface area contributed by atoms with Crippen LogP contribution in [0.3, 0.4) is 0 Å². The number of carbonyl (C=O) groups is 1. The lowest BCUT2D eigenvalue weighted by atomic mass is 10.2.